The number of aryl methyl sites for hydroxylation is 1. The minimum Gasteiger partial charge on any atom is -0.487 e. The molecule has 0 saturated carbocycles. The quantitative estimate of drug-likeness (QED) is 0.325. The molecule has 4 heteroatoms. The Balaban J connectivity index is 2.16. The summed E-state index contributed by atoms with van der Waals surface area (Å²) in [5.74, 6) is 0.370. The van der Waals surface area contributed by atoms with Crippen molar-refractivity contribution >= 4 is 31.4 Å². The van der Waals surface area contributed by atoms with E-state index >= 15 is 0 Å². The molecule has 0 N–H and O–H groups in total. The highest BCUT2D eigenvalue weighted by atomic mass is 32.2. The van der Waals surface area contributed by atoms with Crippen molar-refractivity contribution in [2.24, 2.45) is 0 Å². The number of sulfone groups is 1. The maximum Gasteiger partial charge on any atom is 0.210 e. The lowest BCUT2D eigenvalue weighted by atomic mass is 10.0. The maximum atomic E-state index is 13.7. The molecule has 4 aromatic carbocycles. The molecule has 4 rings (SSSR count). The molecule has 0 radical (unpaired) electrons. The van der Waals surface area contributed by atoms with Gasteiger partial charge in [0.2, 0.25) is 9.84 Å². The highest BCUT2D eigenvalue weighted by Crippen LogP contribution is 2.42. The van der Waals surface area contributed by atoms with Crippen molar-refractivity contribution in [2.45, 2.75) is 16.7 Å². The molecule has 0 amide bonds. The summed E-state index contributed by atoms with van der Waals surface area (Å²) in [6.45, 7) is 5.86. The van der Waals surface area contributed by atoms with Crippen molar-refractivity contribution in [1.29, 1.82) is 0 Å². The molecule has 4 aromatic rings. The van der Waals surface area contributed by atoms with Gasteiger partial charge in [-0.15, -0.1) is 0 Å². The third-order valence-corrected chi connectivity index (χ3v) is 6.62. The van der Waals surface area contributed by atoms with Crippen LogP contribution in [0.5, 0.6) is 5.75 Å². The second-order valence-electron chi connectivity index (χ2n) is 6.67. The van der Waals surface area contributed by atoms with Crippen molar-refractivity contribution in [3.05, 3.63) is 91.0 Å². The summed E-state index contributed by atoms with van der Waals surface area (Å²) in [5.41, 5.74) is 1.01. The Labute approximate surface area is 164 Å². The topological polar surface area (TPSA) is 43.4 Å². The number of rotatable bonds is 5. The molecular weight excluding hydrogens is 368 g/mol. The first kappa shape index (κ1) is 18.3. The summed E-state index contributed by atoms with van der Waals surface area (Å²) in [6, 6.07) is 22.2. The second kappa shape index (κ2) is 7.13. The summed E-state index contributed by atoms with van der Waals surface area (Å²) in [5, 5.41) is 3.27. The summed E-state index contributed by atoms with van der Waals surface area (Å²) >= 11 is 0. The zero-order valence-corrected chi connectivity index (χ0v) is 16.4. The Kier molecular flexibility index (Phi) is 4.65. The third kappa shape index (κ3) is 2.96. The van der Waals surface area contributed by atoms with Crippen LogP contribution in [-0.4, -0.2) is 15.0 Å². The molecule has 140 valence electrons. The Bertz CT molecular complexity index is 1290. The average molecular weight is 388 g/mol. The minimum atomic E-state index is -3.79. The lowest BCUT2D eigenvalue weighted by Gasteiger charge is -2.18. The van der Waals surface area contributed by atoms with Crippen LogP contribution in [0.15, 0.2) is 95.2 Å². The fraction of sp³-hybridized carbons (Fsp3) is 0.0833. The first-order valence-electron chi connectivity index (χ1n) is 9.03. The Hall–Kier alpha value is -3.11. The monoisotopic (exact) mass is 388 g/mol. The van der Waals surface area contributed by atoms with E-state index in [4.69, 9.17) is 4.74 Å². The fourth-order valence-corrected chi connectivity index (χ4v) is 5.07. The van der Waals surface area contributed by atoms with E-state index in [1.807, 2.05) is 55.5 Å². The van der Waals surface area contributed by atoms with Crippen LogP contribution in [-0.2, 0) is 9.84 Å². The number of hydrogen-bond acceptors (Lipinski definition) is 3. The lowest BCUT2D eigenvalue weighted by molar-refractivity contribution is 0.359. The fourth-order valence-electron chi connectivity index (χ4n) is 3.46. The molecule has 0 aromatic heterocycles. The largest absolute Gasteiger partial charge is 0.487 e. The van der Waals surface area contributed by atoms with E-state index in [1.54, 1.807) is 30.3 Å². The van der Waals surface area contributed by atoms with Crippen molar-refractivity contribution in [2.75, 3.05) is 6.61 Å². The number of fused-ring (bicyclic) bond motifs is 3. The highest BCUT2D eigenvalue weighted by Gasteiger charge is 2.27. The van der Waals surface area contributed by atoms with Gasteiger partial charge in [-0.3, -0.25) is 0 Å². The number of ether oxygens (including phenoxy) is 1. The normalized spacial score (nSPS) is 11.6. The smallest absolute Gasteiger partial charge is 0.210 e. The first-order chi connectivity index (χ1) is 13.5. The molecule has 0 aliphatic heterocycles. The second-order valence-corrected chi connectivity index (χ2v) is 8.55. The minimum absolute atomic E-state index is 0.201. The predicted molar refractivity (Wildman–Crippen MR) is 114 cm³/mol. The highest BCUT2D eigenvalue weighted by molar-refractivity contribution is 7.91. The van der Waals surface area contributed by atoms with Gasteiger partial charge in [0, 0.05) is 10.8 Å². The van der Waals surface area contributed by atoms with Gasteiger partial charge in [0.25, 0.3) is 0 Å². The van der Waals surface area contributed by atoms with Crippen molar-refractivity contribution < 1.29 is 13.2 Å². The molecule has 0 atom stereocenters. The zero-order chi connectivity index (χ0) is 19.7. The Morgan fingerprint density at radius 2 is 1.36 bits per heavy atom. The molecular formula is C24H20O3S. The Morgan fingerprint density at radius 3 is 1.96 bits per heavy atom. The molecule has 3 nitrogen and oxygen atoms in total. The van der Waals surface area contributed by atoms with Gasteiger partial charge >= 0.3 is 0 Å². The van der Waals surface area contributed by atoms with Crippen LogP contribution in [0.25, 0.3) is 21.5 Å². The summed E-state index contributed by atoms with van der Waals surface area (Å²) in [6.07, 6.45) is 1.62. The van der Waals surface area contributed by atoms with Crippen molar-refractivity contribution in [3.63, 3.8) is 0 Å². The molecule has 0 saturated heterocycles. The summed E-state index contributed by atoms with van der Waals surface area (Å²) in [7, 11) is -3.79. The van der Waals surface area contributed by atoms with E-state index in [1.165, 1.54) is 0 Å². The standard InChI is InChI=1S/C24H20O3S/c1-3-16-27-23-21-10-6-4-8-19(21)20-9-5-7-11-22(20)24(23)28(25,26)18-14-12-17(2)13-15-18/h3-15H,1,16H2,2H3. The van der Waals surface area contributed by atoms with E-state index in [-0.39, 0.29) is 16.4 Å². The van der Waals surface area contributed by atoms with Gasteiger partial charge in [-0.05, 0) is 29.8 Å². The maximum absolute atomic E-state index is 13.7. The Morgan fingerprint density at radius 1 is 0.821 bits per heavy atom. The molecule has 0 spiro atoms. The average Bonchev–Trinajstić information content (AvgIpc) is 2.72. The van der Waals surface area contributed by atoms with E-state index < -0.39 is 9.84 Å². The summed E-state index contributed by atoms with van der Waals surface area (Å²) in [4.78, 5) is 0.453. The van der Waals surface area contributed by atoms with Crippen LogP contribution in [0.4, 0.5) is 0 Å². The third-order valence-electron chi connectivity index (χ3n) is 4.79. The van der Waals surface area contributed by atoms with Crippen LogP contribution in [0.1, 0.15) is 5.56 Å². The van der Waals surface area contributed by atoms with Crippen molar-refractivity contribution in [3.8, 4) is 5.75 Å². The molecule has 28 heavy (non-hydrogen) atoms. The molecule has 0 aliphatic rings. The van der Waals surface area contributed by atoms with Crippen LogP contribution in [0, 0.1) is 6.92 Å². The van der Waals surface area contributed by atoms with Gasteiger partial charge in [0.05, 0.1) is 4.90 Å². The zero-order valence-electron chi connectivity index (χ0n) is 15.6. The van der Waals surface area contributed by atoms with E-state index in [2.05, 4.69) is 6.58 Å². The van der Waals surface area contributed by atoms with Gasteiger partial charge < -0.3 is 4.74 Å². The number of benzene rings is 4. The molecule has 0 fully saturated rings. The number of hydrogen-bond donors (Lipinski definition) is 0. The van der Waals surface area contributed by atoms with Crippen LogP contribution < -0.4 is 4.74 Å². The molecule has 0 unspecified atom stereocenters. The van der Waals surface area contributed by atoms with Gasteiger partial charge in [-0.1, -0.05) is 78.9 Å². The predicted octanol–water partition coefficient (Wildman–Crippen LogP) is 5.70. The van der Waals surface area contributed by atoms with Crippen LogP contribution in [0.3, 0.4) is 0 Å². The van der Waals surface area contributed by atoms with Gasteiger partial charge in [0.15, 0.2) is 0 Å². The lowest BCUT2D eigenvalue weighted by Crippen LogP contribution is -2.08. The van der Waals surface area contributed by atoms with Gasteiger partial charge in [-0.2, -0.15) is 0 Å². The SMILES string of the molecule is C=CCOc1c(S(=O)(=O)c2ccc(C)cc2)c2ccccc2c2ccccc12. The summed E-state index contributed by atoms with van der Waals surface area (Å²) < 4.78 is 33.3. The van der Waals surface area contributed by atoms with Crippen LogP contribution in [0.2, 0.25) is 0 Å². The van der Waals surface area contributed by atoms with Crippen LogP contribution >= 0.6 is 0 Å². The van der Waals surface area contributed by atoms with Gasteiger partial charge in [0.1, 0.15) is 17.3 Å². The molecule has 0 heterocycles. The van der Waals surface area contributed by atoms with E-state index in [9.17, 15) is 8.42 Å². The van der Waals surface area contributed by atoms with E-state index in [0.29, 0.717) is 11.1 Å². The van der Waals surface area contributed by atoms with Gasteiger partial charge in [-0.25, -0.2) is 8.42 Å². The molecule has 0 bridgehead atoms. The first-order valence-corrected chi connectivity index (χ1v) is 10.5. The van der Waals surface area contributed by atoms with Crippen molar-refractivity contribution in [1.82, 2.24) is 0 Å². The molecule has 0 aliphatic carbocycles. The van der Waals surface area contributed by atoms with E-state index in [0.717, 1.165) is 21.7 Å².